The van der Waals surface area contributed by atoms with Crippen molar-refractivity contribution in [2.45, 2.75) is 58.3 Å². The highest BCUT2D eigenvalue weighted by atomic mass is 32.2. The number of thioether (sulfide) groups is 1. The number of nitrogens with zero attached hydrogens (tertiary/aromatic N) is 4. The van der Waals surface area contributed by atoms with Crippen molar-refractivity contribution >= 4 is 17.5 Å². The summed E-state index contributed by atoms with van der Waals surface area (Å²) in [5.41, 5.74) is 5.15. The number of aromatic nitrogens is 4. The normalized spacial score (nSPS) is 11.7. The second-order valence-corrected chi connectivity index (χ2v) is 10.1. The number of methoxy groups -OCH3 is 1. The van der Waals surface area contributed by atoms with Crippen LogP contribution < -0.4 is 0 Å². The summed E-state index contributed by atoms with van der Waals surface area (Å²) in [6.45, 7) is 16.4. The van der Waals surface area contributed by atoms with Gasteiger partial charge in [0.2, 0.25) is 0 Å². The van der Waals surface area contributed by atoms with Crippen molar-refractivity contribution in [2.24, 2.45) is 0 Å². The smallest absolute Gasteiger partial charge is 0.192 e. The van der Waals surface area contributed by atoms with Crippen LogP contribution in [0.2, 0.25) is 0 Å². The summed E-state index contributed by atoms with van der Waals surface area (Å²) < 4.78 is 9.33. The first-order chi connectivity index (χ1) is 15.7. The number of benzene rings is 1. The first-order valence-electron chi connectivity index (χ1n) is 11.1. The second kappa shape index (κ2) is 10.5. The van der Waals surface area contributed by atoms with Crippen LogP contribution in [0.4, 0.5) is 0 Å². The molecule has 0 aliphatic heterocycles. The molecular weight excluding hydrogens is 432 g/mol. The van der Waals surface area contributed by atoms with Crippen molar-refractivity contribution in [3.63, 3.8) is 0 Å². The van der Waals surface area contributed by atoms with E-state index in [1.807, 2.05) is 30.6 Å². The number of carbonyl (C=O) groups is 1. The maximum atomic E-state index is 13.0. The molecular formula is C26H34N4O2S. The standard InChI is InChI=1S/C26H34N4O2S/c1-8-13-30-24(20-9-11-21(12-10-20)26(4,5)6)27-28-25(30)33-17-23(31)22-16-18(2)29(19(22)3)14-15-32-7/h8-12,16H,1,13-15,17H2,2-7H3. The molecule has 0 N–H and O–H groups in total. The SMILES string of the molecule is C=CCn1c(SCC(=O)c2cc(C)n(CCOC)c2C)nnc1-c1ccc(C(C)(C)C)cc1. The third kappa shape index (κ3) is 5.65. The summed E-state index contributed by atoms with van der Waals surface area (Å²) >= 11 is 1.41. The molecule has 7 heteroatoms. The van der Waals surface area contributed by atoms with Crippen LogP contribution in [-0.4, -0.2) is 44.6 Å². The summed E-state index contributed by atoms with van der Waals surface area (Å²) in [5, 5.41) is 9.53. The van der Waals surface area contributed by atoms with Crippen LogP contribution in [-0.2, 0) is 23.2 Å². The maximum Gasteiger partial charge on any atom is 0.192 e. The molecule has 0 atom stereocenters. The van der Waals surface area contributed by atoms with Crippen molar-refractivity contribution in [3.05, 3.63) is 65.5 Å². The average molecular weight is 467 g/mol. The average Bonchev–Trinajstić information content (AvgIpc) is 3.30. The van der Waals surface area contributed by atoms with Crippen LogP contribution in [0.15, 0.2) is 48.1 Å². The number of carbonyl (C=O) groups excluding carboxylic acids is 1. The Morgan fingerprint density at radius 2 is 1.85 bits per heavy atom. The fraction of sp³-hybridized carbons (Fsp3) is 0.423. The molecule has 2 heterocycles. The lowest BCUT2D eigenvalue weighted by molar-refractivity contribution is 0.102. The Labute approximate surface area is 201 Å². The predicted molar refractivity (Wildman–Crippen MR) is 135 cm³/mol. The van der Waals surface area contributed by atoms with Crippen molar-refractivity contribution in [1.29, 1.82) is 0 Å². The largest absolute Gasteiger partial charge is 0.383 e. The molecule has 0 bridgehead atoms. The molecule has 0 saturated heterocycles. The van der Waals surface area contributed by atoms with Crippen molar-refractivity contribution in [1.82, 2.24) is 19.3 Å². The first-order valence-corrected chi connectivity index (χ1v) is 12.1. The Morgan fingerprint density at radius 3 is 2.45 bits per heavy atom. The van der Waals surface area contributed by atoms with Gasteiger partial charge in [-0.05, 0) is 30.9 Å². The van der Waals surface area contributed by atoms with E-state index in [-0.39, 0.29) is 11.2 Å². The third-order valence-electron chi connectivity index (χ3n) is 5.76. The van der Waals surface area contributed by atoms with E-state index in [0.717, 1.165) is 34.9 Å². The highest BCUT2D eigenvalue weighted by molar-refractivity contribution is 7.99. The molecule has 0 saturated carbocycles. The van der Waals surface area contributed by atoms with Crippen LogP contribution in [0.25, 0.3) is 11.4 Å². The zero-order valence-corrected chi connectivity index (χ0v) is 21.3. The van der Waals surface area contributed by atoms with E-state index in [1.54, 1.807) is 7.11 Å². The summed E-state index contributed by atoms with van der Waals surface area (Å²) in [6, 6.07) is 10.4. The summed E-state index contributed by atoms with van der Waals surface area (Å²) in [5.74, 6) is 1.16. The van der Waals surface area contributed by atoms with E-state index in [0.29, 0.717) is 24.1 Å². The fourth-order valence-corrected chi connectivity index (χ4v) is 4.67. The highest BCUT2D eigenvalue weighted by Crippen LogP contribution is 2.28. The van der Waals surface area contributed by atoms with Gasteiger partial charge in [0.25, 0.3) is 0 Å². The molecule has 6 nitrogen and oxygen atoms in total. The van der Waals surface area contributed by atoms with Gasteiger partial charge in [0, 0.05) is 42.7 Å². The van der Waals surface area contributed by atoms with Crippen molar-refractivity contribution < 1.29 is 9.53 Å². The lowest BCUT2D eigenvalue weighted by Crippen LogP contribution is -2.10. The number of Topliss-reactive ketones (excluding diaryl/α,β-unsaturated/α-hetero) is 1. The minimum absolute atomic E-state index is 0.0843. The van der Waals surface area contributed by atoms with Gasteiger partial charge in [0.1, 0.15) is 0 Å². The van der Waals surface area contributed by atoms with Gasteiger partial charge in [-0.1, -0.05) is 62.9 Å². The number of hydrogen-bond donors (Lipinski definition) is 0. The molecule has 33 heavy (non-hydrogen) atoms. The Kier molecular flexibility index (Phi) is 7.97. The van der Waals surface area contributed by atoms with Gasteiger partial charge >= 0.3 is 0 Å². The topological polar surface area (TPSA) is 61.9 Å². The van der Waals surface area contributed by atoms with E-state index in [2.05, 4.69) is 66.4 Å². The molecule has 0 amide bonds. The molecule has 0 unspecified atom stereocenters. The monoisotopic (exact) mass is 466 g/mol. The molecule has 176 valence electrons. The van der Waals surface area contributed by atoms with E-state index >= 15 is 0 Å². The molecule has 1 aromatic carbocycles. The van der Waals surface area contributed by atoms with Gasteiger partial charge in [-0.3, -0.25) is 9.36 Å². The Hall–Kier alpha value is -2.64. The molecule has 2 aromatic heterocycles. The molecule has 0 aliphatic carbocycles. The maximum absolute atomic E-state index is 13.0. The second-order valence-electron chi connectivity index (χ2n) is 9.17. The molecule has 3 aromatic rings. The zero-order chi connectivity index (χ0) is 24.2. The van der Waals surface area contributed by atoms with Crippen LogP contribution in [0, 0.1) is 13.8 Å². The van der Waals surface area contributed by atoms with Crippen LogP contribution in [0.1, 0.15) is 48.1 Å². The number of hydrogen-bond acceptors (Lipinski definition) is 5. The molecule has 0 radical (unpaired) electrons. The Balaban J connectivity index is 1.79. The number of allylic oxidation sites excluding steroid dienone is 1. The van der Waals surface area contributed by atoms with Crippen molar-refractivity contribution in [2.75, 3.05) is 19.5 Å². The molecule has 0 spiro atoms. The fourth-order valence-electron chi connectivity index (χ4n) is 3.84. The molecule has 3 rings (SSSR count). The first kappa shape index (κ1) is 25.0. The minimum atomic E-state index is 0.0843. The number of ketones is 1. The van der Waals surface area contributed by atoms with E-state index in [1.165, 1.54) is 17.3 Å². The van der Waals surface area contributed by atoms with Crippen LogP contribution in [0.5, 0.6) is 0 Å². The van der Waals surface area contributed by atoms with Gasteiger partial charge in [-0.25, -0.2) is 0 Å². The number of ether oxygens (including phenoxy) is 1. The van der Waals surface area contributed by atoms with Crippen LogP contribution in [0.3, 0.4) is 0 Å². The minimum Gasteiger partial charge on any atom is -0.383 e. The summed E-state index contributed by atoms with van der Waals surface area (Å²) in [7, 11) is 1.68. The zero-order valence-electron chi connectivity index (χ0n) is 20.5. The number of rotatable bonds is 10. The molecule has 0 aliphatic rings. The van der Waals surface area contributed by atoms with Gasteiger partial charge < -0.3 is 9.30 Å². The van der Waals surface area contributed by atoms with E-state index in [9.17, 15) is 4.79 Å². The lowest BCUT2D eigenvalue weighted by atomic mass is 9.87. The van der Waals surface area contributed by atoms with Crippen molar-refractivity contribution in [3.8, 4) is 11.4 Å². The van der Waals surface area contributed by atoms with Crippen LogP contribution >= 0.6 is 11.8 Å². The van der Waals surface area contributed by atoms with Gasteiger partial charge in [0.05, 0.1) is 12.4 Å². The lowest BCUT2D eigenvalue weighted by Gasteiger charge is -2.19. The Morgan fingerprint density at radius 1 is 1.15 bits per heavy atom. The van der Waals surface area contributed by atoms with Gasteiger partial charge in [-0.15, -0.1) is 16.8 Å². The van der Waals surface area contributed by atoms with Gasteiger partial charge in [0.15, 0.2) is 16.8 Å². The number of aryl methyl sites for hydroxylation is 1. The highest BCUT2D eigenvalue weighted by Gasteiger charge is 2.20. The molecule has 0 fully saturated rings. The quantitative estimate of drug-likeness (QED) is 0.225. The van der Waals surface area contributed by atoms with E-state index in [4.69, 9.17) is 4.74 Å². The van der Waals surface area contributed by atoms with E-state index < -0.39 is 0 Å². The summed E-state index contributed by atoms with van der Waals surface area (Å²) in [4.78, 5) is 13.0. The summed E-state index contributed by atoms with van der Waals surface area (Å²) in [6.07, 6.45) is 1.83. The predicted octanol–water partition coefficient (Wildman–Crippen LogP) is 5.47. The van der Waals surface area contributed by atoms with Gasteiger partial charge in [-0.2, -0.15) is 0 Å². The Bertz CT molecular complexity index is 1120. The third-order valence-corrected chi connectivity index (χ3v) is 6.73.